The molecule has 0 radical (unpaired) electrons. The molecular formula is C14H17NO5S. The molecule has 7 heteroatoms. The van der Waals surface area contributed by atoms with Crippen LogP contribution in [0.15, 0.2) is 29.2 Å². The predicted molar refractivity (Wildman–Crippen MR) is 77.6 cm³/mol. The van der Waals surface area contributed by atoms with Gasteiger partial charge in [0.2, 0.25) is 10.0 Å². The van der Waals surface area contributed by atoms with E-state index in [4.69, 9.17) is 9.84 Å². The minimum atomic E-state index is -3.57. The molecule has 1 aliphatic rings. The van der Waals surface area contributed by atoms with Crippen LogP contribution in [0.2, 0.25) is 0 Å². The highest BCUT2D eigenvalue weighted by atomic mass is 32.2. The van der Waals surface area contributed by atoms with Crippen LogP contribution in [0.5, 0.6) is 5.75 Å². The third kappa shape index (κ3) is 3.43. The van der Waals surface area contributed by atoms with Gasteiger partial charge in [-0.05, 0) is 37.1 Å². The summed E-state index contributed by atoms with van der Waals surface area (Å²) < 4.78 is 31.4. The van der Waals surface area contributed by atoms with Gasteiger partial charge in [0.15, 0.2) is 0 Å². The van der Waals surface area contributed by atoms with E-state index < -0.39 is 16.0 Å². The Balaban J connectivity index is 2.41. The first-order chi connectivity index (χ1) is 9.86. The number of carboxylic acid groups (broad SMARTS) is 1. The molecule has 1 N–H and O–H groups in total. The average Bonchev–Trinajstić information content (AvgIpc) is 3.28. The summed E-state index contributed by atoms with van der Waals surface area (Å²) in [5, 5.41) is 8.68. The zero-order chi connectivity index (χ0) is 15.6. The second kappa shape index (κ2) is 5.87. The Morgan fingerprint density at radius 1 is 1.43 bits per heavy atom. The predicted octanol–water partition coefficient (Wildman–Crippen LogP) is 1.58. The standard InChI is InChI=1S/C14H17NO5S/c1-15(11-4-5-11)21(18,19)12-6-7-13(20-2)10(9-12)3-8-14(16)17/h3,6-9,11H,4-5H2,1-2H3,(H,16,17). The molecule has 0 spiro atoms. The van der Waals surface area contributed by atoms with Crippen molar-refractivity contribution in [3.8, 4) is 5.75 Å². The second-order valence-electron chi connectivity index (χ2n) is 4.83. The maximum atomic E-state index is 12.4. The van der Waals surface area contributed by atoms with E-state index in [0.29, 0.717) is 11.3 Å². The van der Waals surface area contributed by atoms with Gasteiger partial charge in [-0.1, -0.05) is 0 Å². The molecule has 0 aliphatic heterocycles. The molecule has 2 rings (SSSR count). The van der Waals surface area contributed by atoms with Crippen LogP contribution < -0.4 is 4.74 Å². The van der Waals surface area contributed by atoms with Crippen LogP contribution >= 0.6 is 0 Å². The summed E-state index contributed by atoms with van der Waals surface area (Å²) in [6.07, 6.45) is 4.01. The largest absolute Gasteiger partial charge is 0.496 e. The zero-order valence-electron chi connectivity index (χ0n) is 11.8. The van der Waals surface area contributed by atoms with Crippen molar-refractivity contribution in [1.29, 1.82) is 0 Å². The summed E-state index contributed by atoms with van der Waals surface area (Å²) in [6.45, 7) is 0. The summed E-state index contributed by atoms with van der Waals surface area (Å²) >= 11 is 0. The zero-order valence-corrected chi connectivity index (χ0v) is 12.6. The number of benzene rings is 1. The first kappa shape index (κ1) is 15.5. The highest BCUT2D eigenvalue weighted by Gasteiger charge is 2.35. The quantitative estimate of drug-likeness (QED) is 0.806. The molecular weight excluding hydrogens is 294 g/mol. The third-order valence-electron chi connectivity index (χ3n) is 3.34. The van der Waals surface area contributed by atoms with Gasteiger partial charge in [0.1, 0.15) is 5.75 Å². The average molecular weight is 311 g/mol. The Kier molecular flexibility index (Phi) is 4.34. The number of carbonyl (C=O) groups is 1. The van der Waals surface area contributed by atoms with Crippen molar-refractivity contribution in [2.75, 3.05) is 14.2 Å². The number of sulfonamides is 1. The molecule has 1 saturated carbocycles. The smallest absolute Gasteiger partial charge is 0.328 e. The molecule has 1 fully saturated rings. The monoisotopic (exact) mass is 311 g/mol. The van der Waals surface area contributed by atoms with E-state index >= 15 is 0 Å². The Labute approximate surface area is 123 Å². The molecule has 0 bridgehead atoms. The highest BCUT2D eigenvalue weighted by molar-refractivity contribution is 7.89. The van der Waals surface area contributed by atoms with Crippen molar-refractivity contribution >= 4 is 22.1 Å². The van der Waals surface area contributed by atoms with Crippen LogP contribution in [0.25, 0.3) is 6.08 Å². The number of rotatable bonds is 6. The molecule has 0 heterocycles. The van der Waals surface area contributed by atoms with Crippen LogP contribution in [0.1, 0.15) is 18.4 Å². The normalized spacial score (nSPS) is 15.6. The van der Waals surface area contributed by atoms with Gasteiger partial charge in [0.05, 0.1) is 12.0 Å². The number of methoxy groups -OCH3 is 1. The lowest BCUT2D eigenvalue weighted by Gasteiger charge is -2.17. The number of carboxylic acids is 1. The molecule has 1 aromatic carbocycles. The Hall–Kier alpha value is -1.86. The van der Waals surface area contributed by atoms with Crippen molar-refractivity contribution in [3.63, 3.8) is 0 Å². The van der Waals surface area contributed by atoms with E-state index in [1.54, 1.807) is 7.05 Å². The summed E-state index contributed by atoms with van der Waals surface area (Å²) in [5.74, 6) is -0.694. The number of hydrogen-bond acceptors (Lipinski definition) is 4. The minimum Gasteiger partial charge on any atom is -0.496 e. The molecule has 0 unspecified atom stereocenters. The molecule has 0 aromatic heterocycles. The minimum absolute atomic E-state index is 0.0649. The summed E-state index contributed by atoms with van der Waals surface area (Å²) in [7, 11) is -0.563. The maximum Gasteiger partial charge on any atom is 0.328 e. The molecule has 1 aliphatic carbocycles. The van der Waals surface area contributed by atoms with Gasteiger partial charge in [-0.15, -0.1) is 0 Å². The van der Waals surface area contributed by atoms with Crippen molar-refractivity contribution < 1.29 is 23.1 Å². The SMILES string of the molecule is COc1ccc(S(=O)(=O)N(C)C2CC2)cc1C=CC(=O)O. The van der Waals surface area contributed by atoms with E-state index in [1.165, 1.54) is 35.7 Å². The van der Waals surface area contributed by atoms with Gasteiger partial charge < -0.3 is 9.84 Å². The lowest BCUT2D eigenvalue weighted by Crippen LogP contribution is -2.28. The molecule has 21 heavy (non-hydrogen) atoms. The number of hydrogen-bond donors (Lipinski definition) is 1. The molecule has 0 amide bonds. The van der Waals surface area contributed by atoms with Gasteiger partial charge in [-0.25, -0.2) is 13.2 Å². The van der Waals surface area contributed by atoms with Crippen molar-refractivity contribution in [2.24, 2.45) is 0 Å². The fourth-order valence-electron chi connectivity index (χ4n) is 1.96. The highest BCUT2D eigenvalue weighted by Crippen LogP contribution is 2.32. The van der Waals surface area contributed by atoms with E-state index in [1.807, 2.05) is 0 Å². The van der Waals surface area contributed by atoms with Gasteiger partial charge >= 0.3 is 5.97 Å². The topological polar surface area (TPSA) is 83.9 Å². The van der Waals surface area contributed by atoms with E-state index in [0.717, 1.165) is 18.9 Å². The van der Waals surface area contributed by atoms with E-state index in [9.17, 15) is 13.2 Å². The van der Waals surface area contributed by atoms with Gasteiger partial charge in [0, 0.05) is 24.7 Å². The van der Waals surface area contributed by atoms with Crippen LogP contribution in [0.3, 0.4) is 0 Å². The first-order valence-electron chi connectivity index (χ1n) is 6.43. The molecule has 0 saturated heterocycles. The second-order valence-corrected chi connectivity index (χ2v) is 6.83. The lowest BCUT2D eigenvalue weighted by atomic mass is 10.2. The van der Waals surface area contributed by atoms with Crippen LogP contribution in [-0.2, 0) is 14.8 Å². The van der Waals surface area contributed by atoms with E-state index in [-0.39, 0.29) is 10.9 Å². The van der Waals surface area contributed by atoms with Crippen molar-refractivity contribution in [2.45, 2.75) is 23.8 Å². The number of ether oxygens (including phenoxy) is 1. The van der Waals surface area contributed by atoms with Crippen LogP contribution in [0, 0.1) is 0 Å². The molecule has 0 atom stereocenters. The number of aliphatic carboxylic acids is 1. The van der Waals surface area contributed by atoms with Gasteiger partial charge in [-0.3, -0.25) is 0 Å². The first-order valence-corrected chi connectivity index (χ1v) is 7.87. The van der Waals surface area contributed by atoms with Crippen LogP contribution in [-0.4, -0.2) is 44.0 Å². The lowest BCUT2D eigenvalue weighted by molar-refractivity contribution is -0.131. The summed E-state index contributed by atoms with van der Waals surface area (Å²) in [4.78, 5) is 10.7. The third-order valence-corrected chi connectivity index (χ3v) is 5.25. The van der Waals surface area contributed by atoms with Crippen molar-refractivity contribution in [1.82, 2.24) is 4.31 Å². The van der Waals surface area contributed by atoms with Crippen LogP contribution in [0.4, 0.5) is 0 Å². The molecule has 1 aromatic rings. The fourth-order valence-corrected chi connectivity index (χ4v) is 3.42. The molecule has 114 valence electrons. The van der Waals surface area contributed by atoms with Crippen molar-refractivity contribution in [3.05, 3.63) is 29.8 Å². The maximum absolute atomic E-state index is 12.4. The van der Waals surface area contributed by atoms with E-state index in [2.05, 4.69) is 0 Å². The van der Waals surface area contributed by atoms with Gasteiger partial charge in [0.25, 0.3) is 0 Å². The Morgan fingerprint density at radius 3 is 2.62 bits per heavy atom. The summed E-state index contributed by atoms with van der Waals surface area (Å²) in [5.41, 5.74) is 0.408. The fraction of sp³-hybridized carbons (Fsp3) is 0.357. The summed E-state index contributed by atoms with van der Waals surface area (Å²) in [6, 6.07) is 4.47. The molecule has 6 nitrogen and oxygen atoms in total. The Morgan fingerprint density at radius 2 is 2.10 bits per heavy atom. The Bertz CT molecular complexity index is 677. The van der Waals surface area contributed by atoms with Gasteiger partial charge in [-0.2, -0.15) is 4.31 Å². The number of nitrogens with zero attached hydrogens (tertiary/aromatic N) is 1.